The van der Waals surface area contributed by atoms with Crippen LogP contribution in [0.25, 0.3) is 0 Å². The number of aliphatic hydroxyl groups excluding tert-OH is 11. The van der Waals surface area contributed by atoms with Crippen LogP contribution in [0.5, 0.6) is 0 Å². The van der Waals surface area contributed by atoms with E-state index in [1.54, 1.807) is 17.1 Å². The molecule has 7 rings (SSSR count). The van der Waals surface area contributed by atoms with Crippen LogP contribution < -0.4 is 70.0 Å². The summed E-state index contributed by atoms with van der Waals surface area (Å²) in [5.74, 6) is -2.09. The standard InChI is InChI=1S/C68H128N14O16S2/c1-38(83)59(67(97)80-53(31-41-14-6-3-7-15-41)68(98)82-26-11-20-54(82)66(96)71-25-27-100-99)81-65(95)51(33-55(70)85)78-64(94)52(34-58(88)89)79-62(92)49(30-42-21-23-44(84)24-22-42)75-57(87)37-73-56(86)36-74-61(91)48(29-40-12-4-2-5-13-40)77-63(93)50(76-60(90)46(69)28-39-16-10-17-39)32-43-35-72-47-19-9-8-18-45(43)47/h21,23,38-57,59-60,63-64,66-68,71-73,75-78,80,83-87,90,93-94,96-99H,2-20,22,24-37,69-70H2,1H3,(H,74,91)(H,79,92)(H,81,95)(H,88,89)/t38?,42?,43?,44?,45?,46?,47?,48-,49-,50-,51-,52-,53-,54-,55?,56?,57?,59-,60?,63?,64?,66?,67?,68?/m0/s1. The molecule has 6 fully saturated rings. The van der Waals surface area contributed by atoms with Gasteiger partial charge in [0, 0.05) is 56.0 Å². The first-order chi connectivity index (χ1) is 47.8. The SMILES string of the molecule is CC(O)[C@H](NC(=O)[C@H](CC(N)O)NC(O)[C@H](CC(=O)O)NC(=O)[C@H](CC1C=CC(O)CC1)NC(O)CNC(O)CNC(=O)[C@H](CC1CCCCC1)NC(O)[C@H](CC1CNC2CCCCC12)NC(O)C(N)CC1CCC1)C(O)N[C@@H](CC1CCCCC1)C(O)N1CCC[C@H]1C(O)NCCSS. The van der Waals surface area contributed by atoms with Crippen molar-refractivity contribution in [2.24, 2.45) is 47.0 Å². The quantitative estimate of drug-likeness (QED) is 0.00985. The van der Waals surface area contributed by atoms with E-state index in [0.717, 1.165) is 116 Å². The third-order valence-corrected chi connectivity index (χ3v) is 23.3. The number of hydrogen-bond donors (Lipinski definition) is 26. The molecule has 30 nitrogen and oxygen atoms in total. The number of allylic oxidation sites excluding steroid dienone is 1. The van der Waals surface area contributed by atoms with E-state index >= 15 is 0 Å². The summed E-state index contributed by atoms with van der Waals surface area (Å²) in [4.78, 5) is 57.3. The number of aliphatic hydroxyl groups is 11. The van der Waals surface area contributed by atoms with Crippen molar-refractivity contribution in [3.8, 4) is 0 Å². The van der Waals surface area contributed by atoms with Gasteiger partial charge in [-0.2, -0.15) is 0 Å². The van der Waals surface area contributed by atoms with E-state index in [1.165, 1.54) is 17.7 Å². The van der Waals surface area contributed by atoms with E-state index in [2.05, 4.69) is 70.1 Å². The highest BCUT2D eigenvalue weighted by Gasteiger charge is 2.44. The fraction of sp³-hybridized carbons (Fsp3) is 0.912. The van der Waals surface area contributed by atoms with Gasteiger partial charge in [0.05, 0.1) is 61.4 Å². The first-order valence-electron chi connectivity index (χ1n) is 37.7. The molecule has 27 N–H and O–H groups in total. The van der Waals surface area contributed by atoms with Gasteiger partial charge in [0.1, 0.15) is 56.1 Å². The minimum absolute atomic E-state index is 0.00957. The van der Waals surface area contributed by atoms with Crippen LogP contribution >= 0.6 is 22.5 Å². The lowest BCUT2D eigenvalue weighted by Gasteiger charge is -2.40. The molecular weight excluding hydrogens is 1330 g/mol. The average Bonchev–Trinajstić information content (AvgIpc) is 1.72. The van der Waals surface area contributed by atoms with Crippen LogP contribution in [0, 0.1) is 35.5 Å². The molecule has 2 aliphatic heterocycles. The summed E-state index contributed by atoms with van der Waals surface area (Å²) in [6.07, 6.45) is 8.18. The van der Waals surface area contributed by atoms with E-state index in [1.807, 2.05) is 0 Å². The monoisotopic (exact) mass is 1460 g/mol. The first kappa shape index (κ1) is 84.7. The van der Waals surface area contributed by atoms with Crippen molar-refractivity contribution in [1.29, 1.82) is 0 Å². The zero-order valence-corrected chi connectivity index (χ0v) is 60.5. The topological polar surface area (TPSA) is 499 Å². The van der Waals surface area contributed by atoms with Gasteiger partial charge < -0.3 is 94.0 Å². The molecule has 0 aromatic rings. The van der Waals surface area contributed by atoms with Gasteiger partial charge >= 0.3 is 5.97 Å². The second-order valence-electron chi connectivity index (χ2n) is 30.2. The van der Waals surface area contributed by atoms with E-state index in [0.29, 0.717) is 88.1 Å². The van der Waals surface area contributed by atoms with Crippen LogP contribution in [0.15, 0.2) is 12.2 Å². The maximum Gasteiger partial charge on any atom is 0.305 e. The van der Waals surface area contributed by atoms with Crippen LogP contribution in [0.3, 0.4) is 0 Å². The molecule has 32 heteroatoms. The number of nitrogens with one attached hydrogen (secondary N) is 11. The Hall–Kier alpha value is -2.56. The number of carbonyl (C=O) groups excluding carboxylic acids is 3. The lowest BCUT2D eigenvalue weighted by Crippen LogP contribution is -2.65. The summed E-state index contributed by atoms with van der Waals surface area (Å²) >= 11 is 4.18. The van der Waals surface area contributed by atoms with Crippen LogP contribution in [0.4, 0.5) is 0 Å². The minimum atomic E-state index is -2.05. The highest BCUT2D eigenvalue weighted by molar-refractivity contribution is 8.68. The molecule has 7 aliphatic rings. The molecular formula is C68H128N14O16S2. The van der Waals surface area contributed by atoms with Gasteiger partial charge in [-0.1, -0.05) is 119 Å². The van der Waals surface area contributed by atoms with Crippen molar-refractivity contribution < 1.29 is 80.5 Å². The fourth-order valence-corrected chi connectivity index (χ4v) is 17.0. The van der Waals surface area contributed by atoms with Crippen molar-refractivity contribution in [3.63, 3.8) is 0 Å². The Bertz CT molecular complexity index is 2420. The van der Waals surface area contributed by atoms with Gasteiger partial charge in [0.2, 0.25) is 17.7 Å². The summed E-state index contributed by atoms with van der Waals surface area (Å²) < 4.78 is 0. The van der Waals surface area contributed by atoms with Gasteiger partial charge in [0.15, 0.2) is 0 Å². The number of amides is 3. The van der Waals surface area contributed by atoms with Gasteiger partial charge in [-0.25, -0.2) is 0 Å². The highest BCUT2D eigenvalue weighted by Crippen LogP contribution is 2.38. The smallest absolute Gasteiger partial charge is 0.305 e. The Morgan fingerprint density at radius 1 is 0.590 bits per heavy atom. The molecule has 0 aromatic heterocycles. The normalized spacial score (nSPS) is 28.2. The highest BCUT2D eigenvalue weighted by atomic mass is 33.1. The fourth-order valence-electron chi connectivity index (χ4n) is 16.5. The zero-order chi connectivity index (χ0) is 72.4. The number of likely N-dealkylation sites (tertiary alicyclic amines) is 1. The zero-order valence-electron chi connectivity index (χ0n) is 58.7. The van der Waals surface area contributed by atoms with Crippen molar-refractivity contribution in [3.05, 3.63) is 12.2 Å². The molecule has 100 heavy (non-hydrogen) atoms. The molecule has 3 amide bonds. The van der Waals surface area contributed by atoms with Crippen LogP contribution in [-0.2, 0) is 19.2 Å². The van der Waals surface area contributed by atoms with Crippen LogP contribution in [-0.4, -0.2) is 257 Å². The number of nitrogens with zero attached hydrogens (tertiary/aromatic N) is 1. The first-order valence-corrected chi connectivity index (χ1v) is 39.7. The number of aliphatic carboxylic acids is 1. The molecule has 2 heterocycles. The van der Waals surface area contributed by atoms with Gasteiger partial charge in [-0.3, -0.25) is 61.3 Å². The van der Waals surface area contributed by atoms with E-state index < -0.39 is 166 Å². The molecule has 5 aliphatic carbocycles. The molecule has 24 atom stereocenters. The number of carboxylic acids is 1. The summed E-state index contributed by atoms with van der Waals surface area (Å²) in [6, 6.07) is -9.12. The third-order valence-electron chi connectivity index (χ3n) is 22.4. The molecule has 16 unspecified atom stereocenters. The van der Waals surface area contributed by atoms with Crippen molar-refractivity contribution in [1.82, 2.24) is 63.4 Å². The maximum atomic E-state index is 14.5. The number of nitrogens with two attached hydrogens (primary N) is 2. The predicted octanol–water partition coefficient (Wildman–Crippen LogP) is -2.50. The Balaban J connectivity index is 0.978. The van der Waals surface area contributed by atoms with Crippen LogP contribution in [0.2, 0.25) is 0 Å². The third kappa shape index (κ3) is 28.0. The van der Waals surface area contributed by atoms with Crippen molar-refractivity contribution in [2.75, 3.05) is 38.5 Å². The number of fused-ring (bicyclic) bond motifs is 1. The largest absolute Gasteiger partial charge is 0.481 e. The van der Waals surface area contributed by atoms with Crippen molar-refractivity contribution >= 4 is 46.1 Å². The Kier molecular flexibility index (Phi) is 37.2. The Morgan fingerprint density at radius 2 is 1.21 bits per heavy atom. The minimum Gasteiger partial charge on any atom is -0.481 e. The molecule has 578 valence electrons. The lowest BCUT2D eigenvalue weighted by molar-refractivity contribution is -0.139. The predicted molar refractivity (Wildman–Crippen MR) is 382 cm³/mol. The van der Waals surface area contributed by atoms with E-state index in [4.69, 9.17) is 11.5 Å². The lowest BCUT2D eigenvalue weighted by atomic mass is 9.77. The Morgan fingerprint density at radius 3 is 1.85 bits per heavy atom. The second-order valence-corrected chi connectivity index (χ2v) is 31.7. The van der Waals surface area contributed by atoms with E-state index in [-0.39, 0.29) is 36.6 Å². The second kappa shape index (κ2) is 43.9. The molecule has 4 saturated carbocycles. The maximum absolute atomic E-state index is 14.5. The summed E-state index contributed by atoms with van der Waals surface area (Å²) in [7, 11) is 1.32. The van der Waals surface area contributed by atoms with E-state index in [9.17, 15) is 80.5 Å². The van der Waals surface area contributed by atoms with Gasteiger partial charge in [-0.05, 0) is 120 Å². The number of hydrogen-bond acceptors (Lipinski definition) is 28. The summed E-state index contributed by atoms with van der Waals surface area (Å²) in [6.45, 7) is 2.31. The molecule has 0 aromatic carbocycles. The van der Waals surface area contributed by atoms with Crippen LogP contribution in [0.1, 0.15) is 187 Å². The summed E-state index contributed by atoms with van der Waals surface area (Å²) in [5, 5.41) is 168. The molecule has 0 radical (unpaired) electrons. The number of carboxylic acid groups (broad SMARTS) is 1. The van der Waals surface area contributed by atoms with Gasteiger partial charge in [-0.15, -0.1) is 11.7 Å². The average molecular weight is 1460 g/mol. The van der Waals surface area contributed by atoms with Crippen molar-refractivity contribution in [2.45, 2.75) is 315 Å². The molecule has 0 spiro atoms. The summed E-state index contributed by atoms with van der Waals surface area (Å²) in [5.41, 5.74) is 12.4. The molecule has 2 saturated heterocycles. The Labute approximate surface area is 600 Å². The number of rotatable bonds is 46. The number of carbonyl (C=O) groups is 4. The molecule has 0 bridgehead atoms. The van der Waals surface area contributed by atoms with Gasteiger partial charge in [0.25, 0.3) is 0 Å². The number of thiol groups is 1.